The van der Waals surface area contributed by atoms with E-state index in [-0.39, 0.29) is 0 Å². The van der Waals surface area contributed by atoms with Gasteiger partial charge in [-0.05, 0) is 132 Å². The van der Waals surface area contributed by atoms with E-state index in [1.54, 1.807) is 0 Å². The summed E-state index contributed by atoms with van der Waals surface area (Å²) in [5, 5.41) is 5.41. The Kier molecular flexibility index (Phi) is 10.2. The molecular formula is C58H64N2. The predicted molar refractivity (Wildman–Crippen MR) is 261 cm³/mol. The Morgan fingerprint density at radius 2 is 0.950 bits per heavy atom. The van der Waals surface area contributed by atoms with Crippen molar-refractivity contribution in [1.82, 2.24) is 9.47 Å². The maximum Gasteiger partial charge on any atom is 0.0955 e. The molecule has 0 spiro atoms. The van der Waals surface area contributed by atoms with Crippen LogP contribution in [0.25, 0.3) is 66.1 Å². The van der Waals surface area contributed by atoms with Crippen molar-refractivity contribution in [1.29, 1.82) is 0 Å². The van der Waals surface area contributed by atoms with Crippen molar-refractivity contribution in [3.8, 4) is 22.3 Å². The molecule has 60 heavy (non-hydrogen) atoms. The van der Waals surface area contributed by atoms with E-state index in [1.807, 2.05) is 0 Å². The van der Waals surface area contributed by atoms with Crippen LogP contribution in [0.4, 0.5) is 0 Å². The standard InChI is InChI=1S/C58H64N2/c1-33(2)41-17-13-18-42(34(3)4)54(41)39-25-26-52-49(29-39)51-31-50(56-45(37(9)10)21-15-22-46(56)38(11)12)47-23-16-24-48-53-30-40(27-28-59(53)32-60(52)58(51)57(47)48)55-43(35(5)6)19-14-20-44(55)36(7)8/h13-27,29-31,33-38H,28,32H2,1-12H3. The van der Waals surface area contributed by atoms with Gasteiger partial charge >= 0.3 is 0 Å². The molecule has 0 atom stereocenters. The molecule has 1 aromatic heterocycles. The first-order valence-electron chi connectivity index (χ1n) is 22.8. The average Bonchev–Trinajstić information content (AvgIpc) is 3.45. The molecule has 306 valence electrons. The van der Waals surface area contributed by atoms with Crippen LogP contribution in [0.2, 0.25) is 0 Å². The molecule has 3 heterocycles. The van der Waals surface area contributed by atoms with Gasteiger partial charge in [-0.1, -0.05) is 168 Å². The molecule has 7 aromatic rings. The Balaban J connectivity index is 1.41. The summed E-state index contributed by atoms with van der Waals surface area (Å²) in [6, 6.07) is 38.1. The third kappa shape index (κ3) is 6.36. The second-order valence-corrected chi connectivity index (χ2v) is 19.6. The molecular weight excluding hydrogens is 725 g/mol. The van der Waals surface area contributed by atoms with Gasteiger partial charge in [-0.3, -0.25) is 0 Å². The van der Waals surface area contributed by atoms with Gasteiger partial charge in [0.25, 0.3) is 0 Å². The number of rotatable bonds is 9. The first kappa shape index (κ1) is 40.1. The number of nitrogens with zero attached hydrogens (tertiary/aromatic N) is 2. The van der Waals surface area contributed by atoms with E-state index in [1.165, 1.54) is 111 Å². The van der Waals surface area contributed by atoms with Crippen molar-refractivity contribution in [3.63, 3.8) is 0 Å². The summed E-state index contributed by atoms with van der Waals surface area (Å²) in [6.45, 7) is 29.8. The van der Waals surface area contributed by atoms with Crippen LogP contribution in [-0.2, 0) is 6.67 Å². The summed E-state index contributed by atoms with van der Waals surface area (Å²) in [4.78, 5) is 2.63. The molecule has 2 aliphatic rings. The Morgan fingerprint density at radius 3 is 1.48 bits per heavy atom. The summed E-state index contributed by atoms with van der Waals surface area (Å²) in [7, 11) is 0. The van der Waals surface area contributed by atoms with E-state index in [4.69, 9.17) is 0 Å². The quantitative estimate of drug-likeness (QED) is 0.141. The lowest BCUT2D eigenvalue weighted by Gasteiger charge is -2.31. The summed E-state index contributed by atoms with van der Waals surface area (Å²) in [5.41, 5.74) is 22.2. The van der Waals surface area contributed by atoms with Crippen molar-refractivity contribution in [2.24, 2.45) is 0 Å². The smallest absolute Gasteiger partial charge is 0.0955 e. The number of fused-ring (bicyclic) bond motifs is 5. The van der Waals surface area contributed by atoms with Gasteiger partial charge in [0.15, 0.2) is 0 Å². The number of aromatic nitrogens is 1. The molecule has 2 heteroatoms. The molecule has 6 aromatic carbocycles. The maximum atomic E-state index is 2.65. The largest absolute Gasteiger partial charge is 0.349 e. The lowest BCUT2D eigenvalue weighted by atomic mass is 9.81. The van der Waals surface area contributed by atoms with Crippen molar-refractivity contribution >= 4 is 43.8 Å². The third-order valence-corrected chi connectivity index (χ3v) is 13.7. The van der Waals surface area contributed by atoms with Gasteiger partial charge in [0.1, 0.15) is 0 Å². The fourth-order valence-corrected chi connectivity index (χ4v) is 10.7. The SMILES string of the molecule is CC(C)c1cccc(C(C)C)c1C1=CCN2Cn3c4ccc(-c5c(C(C)C)cccc5C(C)C)cc4c4cc(-c5c(C(C)C)cccc5C(C)C)c5cccc(c5c43)C2=C1. The van der Waals surface area contributed by atoms with Gasteiger partial charge in [0.05, 0.1) is 17.7 Å². The van der Waals surface area contributed by atoms with Gasteiger partial charge in [-0.25, -0.2) is 0 Å². The van der Waals surface area contributed by atoms with Gasteiger partial charge in [0, 0.05) is 34.0 Å². The van der Waals surface area contributed by atoms with E-state index in [2.05, 4.69) is 202 Å². The minimum Gasteiger partial charge on any atom is -0.349 e. The van der Waals surface area contributed by atoms with Crippen molar-refractivity contribution in [2.75, 3.05) is 6.54 Å². The summed E-state index contributed by atoms with van der Waals surface area (Å²) >= 11 is 0. The van der Waals surface area contributed by atoms with Crippen LogP contribution < -0.4 is 0 Å². The summed E-state index contributed by atoms with van der Waals surface area (Å²) < 4.78 is 2.65. The Morgan fingerprint density at radius 1 is 0.450 bits per heavy atom. The zero-order valence-corrected chi connectivity index (χ0v) is 38.2. The Labute approximate surface area is 359 Å². The second-order valence-electron chi connectivity index (χ2n) is 19.6. The van der Waals surface area contributed by atoms with Crippen LogP contribution in [0.15, 0.2) is 109 Å². The van der Waals surface area contributed by atoms with Crippen LogP contribution in [0.3, 0.4) is 0 Å². The molecule has 0 N–H and O–H groups in total. The predicted octanol–water partition coefficient (Wildman–Crippen LogP) is 16.7. The Hall–Kier alpha value is -5.34. The highest BCUT2D eigenvalue weighted by Crippen LogP contribution is 2.50. The van der Waals surface area contributed by atoms with E-state index in [0.717, 1.165) is 13.2 Å². The van der Waals surface area contributed by atoms with Crippen molar-refractivity contribution in [3.05, 3.63) is 154 Å². The van der Waals surface area contributed by atoms with Crippen LogP contribution in [0, 0.1) is 0 Å². The zero-order valence-electron chi connectivity index (χ0n) is 38.2. The van der Waals surface area contributed by atoms with Crippen LogP contribution in [0.5, 0.6) is 0 Å². The van der Waals surface area contributed by atoms with E-state index >= 15 is 0 Å². The summed E-state index contributed by atoms with van der Waals surface area (Å²) in [6.07, 6.45) is 5.04. The monoisotopic (exact) mass is 789 g/mol. The number of allylic oxidation sites excluding steroid dienone is 2. The lowest BCUT2D eigenvalue weighted by molar-refractivity contribution is 0.365. The normalized spacial score (nSPS) is 14.3. The maximum absolute atomic E-state index is 2.65. The summed E-state index contributed by atoms with van der Waals surface area (Å²) in [5.74, 6) is 2.49. The van der Waals surface area contributed by atoms with E-state index in [0.29, 0.717) is 35.5 Å². The Bertz CT molecular complexity index is 2800. The molecule has 0 radical (unpaired) electrons. The lowest BCUT2D eigenvalue weighted by Crippen LogP contribution is -2.26. The molecule has 0 saturated carbocycles. The van der Waals surface area contributed by atoms with Gasteiger partial charge < -0.3 is 9.47 Å². The molecule has 0 aliphatic carbocycles. The van der Waals surface area contributed by atoms with Gasteiger partial charge in [-0.2, -0.15) is 0 Å². The van der Waals surface area contributed by atoms with Crippen LogP contribution in [0.1, 0.15) is 163 Å². The molecule has 2 nitrogen and oxygen atoms in total. The average molecular weight is 789 g/mol. The topological polar surface area (TPSA) is 8.17 Å². The highest BCUT2D eigenvalue weighted by Gasteiger charge is 2.30. The number of hydrogen-bond acceptors (Lipinski definition) is 1. The number of benzene rings is 6. The van der Waals surface area contributed by atoms with Crippen molar-refractivity contribution in [2.45, 2.75) is 125 Å². The first-order valence-corrected chi connectivity index (χ1v) is 22.8. The van der Waals surface area contributed by atoms with Gasteiger partial charge in [-0.15, -0.1) is 0 Å². The first-order chi connectivity index (χ1) is 28.8. The fourth-order valence-electron chi connectivity index (χ4n) is 10.7. The molecule has 0 saturated heterocycles. The van der Waals surface area contributed by atoms with Gasteiger partial charge in [0.2, 0.25) is 0 Å². The molecule has 0 amide bonds. The molecule has 0 fully saturated rings. The molecule has 0 unspecified atom stereocenters. The highest BCUT2D eigenvalue weighted by molar-refractivity contribution is 6.24. The van der Waals surface area contributed by atoms with E-state index in [9.17, 15) is 0 Å². The zero-order chi connectivity index (χ0) is 42.3. The minimum absolute atomic E-state index is 0.388. The minimum atomic E-state index is 0.388. The molecule has 9 rings (SSSR count). The highest BCUT2D eigenvalue weighted by atomic mass is 15.3. The third-order valence-electron chi connectivity index (χ3n) is 13.7. The molecule has 0 bridgehead atoms. The van der Waals surface area contributed by atoms with Crippen LogP contribution >= 0.6 is 0 Å². The van der Waals surface area contributed by atoms with E-state index < -0.39 is 0 Å². The molecule has 2 aliphatic heterocycles. The van der Waals surface area contributed by atoms with Crippen molar-refractivity contribution < 1.29 is 0 Å². The second kappa shape index (κ2) is 15.3. The fraction of sp³-hybridized carbons (Fsp3) is 0.345. The van der Waals surface area contributed by atoms with Crippen LogP contribution in [-0.4, -0.2) is 16.0 Å². The number of hydrogen-bond donors (Lipinski definition) is 0.